The molecule has 0 aliphatic carbocycles. The SMILES string of the molecule is Brc1ccc2nnc(CC3CCCCN3)n2c1. The molecule has 1 unspecified atom stereocenters. The predicted molar refractivity (Wildman–Crippen MR) is 70.0 cm³/mol. The first kappa shape index (κ1) is 11.2. The molecular weight excluding hydrogens is 280 g/mol. The molecule has 1 aliphatic rings. The van der Waals surface area contributed by atoms with Crippen molar-refractivity contribution in [1.29, 1.82) is 0 Å². The van der Waals surface area contributed by atoms with E-state index in [1.807, 2.05) is 18.3 Å². The molecule has 0 saturated carbocycles. The quantitative estimate of drug-likeness (QED) is 0.923. The van der Waals surface area contributed by atoms with Gasteiger partial charge in [0.25, 0.3) is 0 Å². The van der Waals surface area contributed by atoms with E-state index in [0.717, 1.165) is 28.9 Å². The fourth-order valence-corrected chi connectivity index (χ4v) is 2.71. The van der Waals surface area contributed by atoms with E-state index >= 15 is 0 Å². The number of hydrogen-bond acceptors (Lipinski definition) is 3. The molecule has 1 aliphatic heterocycles. The fourth-order valence-electron chi connectivity index (χ4n) is 2.37. The van der Waals surface area contributed by atoms with E-state index in [2.05, 4.69) is 35.8 Å². The number of pyridine rings is 1. The number of hydrogen-bond donors (Lipinski definition) is 1. The Morgan fingerprint density at radius 2 is 2.29 bits per heavy atom. The minimum absolute atomic E-state index is 0.551. The maximum atomic E-state index is 4.28. The molecule has 3 rings (SSSR count). The second-order valence-electron chi connectivity index (χ2n) is 4.54. The van der Waals surface area contributed by atoms with Crippen molar-refractivity contribution in [3.8, 4) is 0 Å². The third-order valence-corrected chi connectivity index (χ3v) is 3.75. The summed E-state index contributed by atoms with van der Waals surface area (Å²) in [7, 11) is 0. The van der Waals surface area contributed by atoms with E-state index in [4.69, 9.17) is 0 Å². The number of piperidine rings is 1. The Kier molecular flexibility index (Phi) is 3.11. The molecule has 3 heterocycles. The van der Waals surface area contributed by atoms with Gasteiger partial charge in [0.1, 0.15) is 5.82 Å². The third-order valence-electron chi connectivity index (χ3n) is 3.28. The number of nitrogens with one attached hydrogen (secondary N) is 1. The average Bonchev–Trinajstić information content (AvgIpc) is 2.73. The number of aromatic nitrogens is 3. The molecule has 4 nitrogen and oxygen atoms in total. The van der Waals surface area contributed by atoms with Gasteiger partial charge in [-0.3, -0.25) is 4.40 Å². The highest BCUT2D eigenvalue weighted by molar-refractivity contribution is 9.10. The molecule has 0 bridgehead atoms. The fraction of sp³-hybridized carbons (Fsp3) is 0.500. The Morgan fingerprint density at radius 1 is 1.35 bits per heavy atom. The van der Waals surface area contributed by atoms with Gasteiger partial charge in [0.2, 0.25) is 0 Å². The first-order valence-corrected chi connectivity index (χ1v) is 6.85. The zero-order chi connectivity index (χ0) is 11.7. The summed E-state index contributed by atoms with van der Waals surface area (Å²) in [6.07, 6.45) is 6.84. The van der Waals surface area contributed by atoms with Crippen LogP contribution in [0.4, 0.5) is 0 Å². The third kappa shape index (κ3) is 2.35. The first-order valence-electron chi connectivity index (χ1n) is 6.05. The van der Waals surface area contributed by atoms with Crippen molar-refractivity contribution < 1.29 is 0 Å². The van der Waals surface area contributed by atoms with Gasteiger partial charge in [0.15, 0.2) is 5.65 Å². The predicted octanol–water partition coefficient (Wildman–Crippen LogP) is 2.18. The Labute approximate surface area is 109 Å². The topological polar surface area (TPSA) is 42.2 Å². The number of fused-ring (bicyclic) bond motifs is 1. The van der Waals surface area contributed by atoms with Crippen molar-refractivity contribution in [1.82, 2.24) is 19.9 Å². The lowest BCUT2D eigenvalue weighted by Gasteiger charge is -2.22. The van der Waals surface area contributed by atoms with Crippen LogP contribution >= 0.6 is 15.9 Å². The molecular formula is C12H15BrN4. The Hall–Kier alpha value is -0.940. The van der Waals surface area contributed by atoms with E-state index in [1.165, 1.54) is 19.3 Å². The summed E-state index contributed by atoms with van der Waals surface area (Å²) >= 11 is 3.48. The van der Waals surface area contributed by atoms with Gasteiger partial charge in [-0.1, -0.05) is 6.42 Å². The lowest BCUT2D eigenvalue weighted by atomic mass is 10.0. The summed E-state index contributed by atoms with van der Waals surface area (Å²) in [5, 5.41) is 12.0. The van der Waals surface area contributed by atoms with Gasteiger partial charge in [-0.15, -0.1) is 10.2 Å². The van der Waals surface area contributed by atoms with Gasteiger partial charge in [0, 0.05) is 23.1 Å². The summed E-state index contributed by atoms with van der Waals surface area (Å²) < 4.78 is 3.13. The van der Waals surface area contributed by atoms with Crippen molar-refractivity contribution in [2.24, 2.45) is 0 Å². The van der Waals surface area contributed by atoms with Gasteiger partial charge in [-0.25, -0.2) is 0 Å². The first-order chi connectivity index (χ1) is 8.33. The molecule has 2 aromatic heterocycles. The summed E-state index contributed by atoms with van der Waals surface area (Å²) in [6.45, 7) is 1.13. The second kappa shape index (κ2) is 4.74. The number of nitrogens with zero attached hydrogens (tertiary/aromatic N) is 3. The molecule has 1 fully saturated rings. The van der Waals surface area contributed by atoms with E-state index < -0.39 is 0 Å². The standard InChI is InChI=1S/C12H15BrN4/c13-9-4-5-11-15-16-12(17(11)8-9)7-10-3-1-2-6-14-10/h4-5,8,10,14H,1-3,6-7H2. The normalized spacial score (nSPS) is 20.9. The lowest BCUT2D eigenvalue weighted by Crippen LogP contribution is -2.36. The van der Waals surface area contributed by atoms with Gasteiger partial charge in [0.05, 0.1) is 0 Å². The van der Waals surface area contributed by atoms with Crippen LogP contribution in [0.1, 0.15) is 25.1 Å². The zero-order valence-electron chi connectivity index (χ0n) is 9.56. The molecule has 17 heavy (non-hydrogen) atoms. The molecule has 0 amide bonds. The van der Waals surface area contributed by atoms with Gasteiger partial charge >= 0.3 is 0 Å². The van der Waals surface area contributed by atoms with Gasteiger partial charge in [-0.05, 0) is 47.4 Å². The Bertz CT molecular complexity index is 516. The van der Waals surface area contributed by atoms with Crippen molar-refractivity contribution in [2.45, 2.75) is 31.7 Å². The molecule has 1 saturated heterocycles. The van der Waals surface area contributed by atoms with Crippen LogP contribution < -0.4 is 5.32 Å². The molecule has 90 valence electrons. The monoisotopic (exact) mass is 294 g/mol. The van der Waals surface area contributed by atoms with Crippen molar-refractivity contribution in [3.63, 3.8) is 0 Å². The number of halogens is 1. The summed E-state index contributed by atoms with van der Waals surface area (Å²) in [4.78, 5) is 0. The van der Waals surface area contributed by atoms with Crippen LogP contribution in [0.5, 0.6) is 0 Å². The summed E-state index contributed by atoms with van der Waals surface area (Å²) in [5.41, 5.74) is 0.916. The minimum Gasteiger partial charge on any atom is -0.314 e. The van der Waals surface area contributed by atoms with Gasteiger partial charge in [-0.2, -0.15) is 0 Å². The van der Waals surface area contributed by atoms with Gasteiger partial charge < -0.3 is 5.32 Å². The van der Waals surface area contributed by atoms with Crippen LogP contribution in [0.3, 0.4) is 0 Å². The zero-order valence-corrected chi connectivity index (χ0v) is 11.2. The number of rotatable bonds is 2. The molecule has 2 aromatic rings. The largest absolute Gasteiger partial charge is 0.314 e. The van der Waals surface area contributed by atoms with Crippen LogP contribution in [0, 0.1) is 0 Å². The summed E-state index contributed by atoms with van der Waals surface area (Å²) in [5.74, 6) is 1.04. The van der Waals surface area contributed by atoms with Crippen LogP contribution in [-0.4, -0.2) is 27.2 Å². The summed E-state index contributed by atoms with van der Waals surface area (Å²) in [6, 6.07) is 4.52. The smallest absolute Gasteiger partial charge is 0.160 e. The highest BCUT2D eigenvalue weighted by Crippen LogP contribution is 2.15. The molecule has 1 atom stereocenters. The molecule has 5 heteroatoms. The van der Waals surface area contributed by atoms with E-state index in [1.54, 1.807) is 0 Å². The molecule has 0 aromatic carbocycles. The maximum Gasteiger partial charge on any atom is 0.160 e. The second-order valence-corrected chi connectivity index (χ2v) is 5.46. The van der Waals surface area contributed by atoms with Crippen LogP contribution in [0.2, 0.25) is 0 Å². The maximum absolute atomic E-state index is 4.28. The highest BCUT2D eigenvalue weighted by atomic mass is 79.9. The van der Waals surface area contributed by atoms with Crippen molar-refractivity contribution >= 4 is 21.6 Å². The molecule has 0 radical (unpaired) electrons. The highest BCUT2D eigenvalue weighted by Gasteiger charge is 2.16. The Morgan fingerprint density at radius 3 is 3.12 bits per heavy atom. The molecule has 1 N–H and O–H groups in total. The van der Waals surface area contributed by atoms with E-state index in [0.29, 0.717) is 6.04 Å². The van der Waals surface area contributed by atoms with Crippen LogP contribution in [0.15, 0.2) is 22.8 Å². The van der Waals surface area contributed by atoms with Crippen molar-refractivity contribution in [3.05, 3.63) is 28.6 Å². The van der Waals surface area contributed by atoms with Crippen molar-refractivity contribution in [2.75, 3.05) is 6.54 Å². The molecule has 0 spiro atoms. The Balaban J connectivity index is 1.86. The average molecular weight is 295 g/mol. The van der Waals surface area contributed by atoms with Crippen LogP contribution in [0.25, 0.3) is 5.65 Å². The van der Waals surface area contributed by atoms with Crippen LogP contribution in [-0.2, 0) is 6.42 Å². The minimum atomic E-state index is 0.551. The lowest BCUT2D eigenvalue weighted by molar-refractivity contribution is 0.393. The van der Waals surface area contributed by atoms with E-state index in [9.17, 15) is 0 Å². The van der Waals surface area contributed by atoms with E-state index in [-0.39, 0.29) is 0 Å².